The predicted molar refractivity (Wildman–Crippen MR) is 75.7 cm³/mol. The molecule has 1 unspecified atom stereocenters. The highest BCUT2D eigenvalue weighted by molar-refractivity contribution is 7.89. The van der Waals surface area contributed by atoms with Gasteiger partial charge in [0.05, 0.1) is 18.4 Å². The summed E-state index contributed by atoms with van der Waals surface area (Å²) in [6.45, 7) is 5.44. The first-order chi connectivity index (χ1) is 9.53. The van der Waals surface area contributed by atoms with E-state index in [1.807, 2.05) is 0 Å². The lowest BCUT2D eigenvalue weighted by molar-refractivity contribution is -0.0229. The van der Waals surface area contributed by atoms with Gasteiger partial charge in [0.1, 0.15) is 0 Å². The number of morpholine rings is 1. The summed E-state index contributed by atoms with van der Waals surface area (Å²) in [7, 11) is -3.70. The molecule has 1 aliphatic rings. The molecule has 2 rings (SSSR count). The van der Waals surface area contributed by atoms with Crippen LogP contribution in [0.25, 0.3) is 0 Å². The zero-order chi connectivity index (χ0) is 14.6. The van der Waals surface area contributed by atoms with Crippen molar-refractivity contribution in [2.45, 2.75) is 18.1 Å². The summed E-state index contributed by atoms with van der Waals surface area (Å²) in [6, 6.07) is 3.11. The molecule has 112 valence electrons. The molecule has 8 heteroatoms. The largest absolute Gasteiger partial charge is 0.396 e. The van der Waals surface area contributed by atoms with Crippen molar-refractivity contribution in [3.63, 3.8) is 0 Å². The number of pyridine rings is 1. The molecular weight excluding hydrogens is 280 g/mol. The van der Waals surface area contributed by atoms with Crippen LogP contribution in [0.2, 0.25) is 0 Å². The predicted octanol–water partition coefficient (Wildman–Crippen LogP) is -0.337. The molecule has 0 bridgehead atoms. The summed E-state index contributed by atoms with van der Waals surface area (Å²) in [6.07, 6.45) is 1.25. The fourth-order valence-corrected chi connectivity index (χ4v) is 3.21. The summed E-state index contributed by atoms with van der Waals surface area (Å²) in [5.41, 5.74) is 5.78. The van der Waals surface area contributed by atoms with Crippen LogP contribution in [-0.4, -0.2) is 57.2 Å². The molecule has 7 nitrogen and oxygen atoms in total. The highest BCUT2D eigenvalue weighted by Gasteiger charge is 2.24. The van der Waals surface area contributed by atoms with Crippen LogP contribution in [0.4, 0.5) is 5.69 Å². The van der Waals surface area contributed by atoms with Gasteiger partial charge in [-0.2, -0.15) is 0 Å². The van der Waals surface area contributed by atoms with Crippen molar-refractivity contribution < 1.29 is 13.2 Å². The van der Waals surface area contributed by atoms with Gasteiger partial charge in [-0.15, -0.1) is 0 Å². The van der Waals surface area contributed by atoms with E-state index in [-0.39, 0.29) is 23.4 Å². The Morgan fingerprint density at radius 2 is 2.40 bits per heavy atom. The van der Waals surface area contributed by atoms with E-state index < -0.39 is 10.0 Å². The minimum Gasteiger partial charge on any atom is -0.396 e. The molecule has 3 N–H and O–H groups in total. The summed E-state index contributed by atoms with van der Waals surface area (Å²) < 4.78 is 32.3. The molecule has 0 amide bonds. The molecule has 2 heterocycles. The van der Waals surface area contributed by atoms with Crippen LogP contribution >= 0.6 is 0 Å². The number of rotatable bonds is 5. The lowest BCUT2D eigenvalue weighted by Gasteiger charge is -2.32. The number of aromatic nitrogens is 1. The summed E-state index contributed by atoms with van der Waals surface area (Å²) >= 11 is 0. The van der Waals surface area contributed by atoms with Gasteiger partial charge >= 0.3 is 0 Å². The smallest absolute Gasteiger partial charge is 0.260 e. The molecule has 1 aromatic rings. The molecule has 20 heavy (non-hydrogen) atoms. The van der Waals surface area contributed by atoms with Gasteiger partial charge in [-0.05, 0) is 18.7 Å². The monoisotopic (exact) mass is 300 g/mol. The van der Waals surface area contributed by atoms with Gasteiger partial charge in [-0.3, -0.25) is 4.90 Å². The van der Waals surface area contributed by atoms with Crippen molar-refractivity contribution >= 4 is 15.7 Å². The van der Waals surface area contributed by atoms with E-state index >= 15 is 0 Å². The Kier molecular flexibility index (Phi) is 4.92. The Morgan fingerprint density at radius 3 is 3.10 bits per heavy atom. The lowest BCUT2D eigenvalue weighted by atomic mass is 10.3. The third-order valence-electron chi connectivity index (χ3n) is 3.23. The number of hydrogen-bond donors (Lipinski definition) is 2. The van der Waals surface area contributed by atoms with Crippen LogP contribution in [0, 0.1) is 0 Å². The first-order valence-corrected chi connectivity index (χ1v) is 8.05. The van der Waals surface area contributed by atoms with Crippen LogP contribution in [0.1, 0.15) is 6.92 Å². The summed E-state index contributed by atoms with van der Waals surface area (Å²) in [5, 5.41) is -0.136. The average molecular weight is 300 g/mol. The second-order valence-electron chi connectivity index (χ2n) is 4.64. The Labute approximate surface area is 119 Å². The topological polar surface area (TPSA) is 97.5 Å². The molecule has 1 aliphatic heterocycles. The third kappa shape index (κ3) is 3.66. The molecular formula is C12H20N4O3S. The van der Waals surface area contributed by atoms with E-state index in [9.17, 15) is 8.42 Å². The first-order valence-electron chi connectivity index (χ1n) is 6.57. The molecule has 1 aromatic heterocycles. The van der Waals surface area contributed by atoms with Gasteiger partial charge in [0, 0.05) is 25.8 Å². The number of ether oxygens (including phenoxy) is 1. The molecule has 0 aliphatic carbocycles. The van der Waals surface area contributed by atoms with Gasteiger partial charge in [-0.1, -0.05) is 6.92 Å². The van der Waals surface area contributed by atoms with Crippen LogP contribution in [-0.2, 0) is 14.8 Å². The fourth-order valence-electron chi connectivity index (χ4n) is 2.09. The number of anilines is 1. The maximum atomic E-state index is 12.1. The highest BCUT2D eigenvalue weighted by atomic mass is 32.2. The summed E-state index contributed by atoms with van der Waals surface area (Å²) in [5.74, 6) is 0. The summed E-state index contributed by atoms with van der Waals surface area (Å²) in [4.78, 5) is 6.04. The normalized spacial score (nSPS) is 20.9. The van der Waals surface area contributed by atoms with E-state index in [1.165, 1.54) is 12.3 Å². The van der Waals surface area contributed by atoms with Crippen molar-refractivity contribution in [3.8, 4) is 0 Å². The van der Waals surface area contributed by atoms with Crippen molar-refractivity contribution in [1.29, 1.82) is 0 Å². The number of nitrogen functional groups attached to an aromatic ring is 1. The number of nitrogens with one attached hydrogen (secondary N) is 1. The maximum absolute atomic E-state index is 12.1. The second kappa shape index (κ2) is 6.49. The SMILES string of the molecule is CCN1CCOC(CNS(=O)(=O)c2ncccc2N)C1. The number of hydrogen-bond acceptors (Lipinski definition) is 6. The van der Waals surface area contributed by atoms with E-state index in [1.54, 1.807) is 6.07 Å². The Bertz CT molecular complexity index is 549. The minimum absolute atomic E-state index is 0.136. The molecule has 0 saturated carbocycles. The zero-order valence-electron chi connectivity index (χ0n) is 11.4. The fraction of sp³-hybridized carbons (Fsp3) is 0.583. The number of nitrogens with two attached hydrogens (primary N) is 1. The van der Waals surface area contributed by atoms with Gasteiger partial charge in [0.25, 0.3) is 10.0 Å². The van der Waals surface area contributed by atoms with E-state index in [0.29, 0.717) is 6.61 Å². The Balaban J connectivity index is 1.98. The van der Waals surface area contributed by atoms with Gasteiger partial charge in [-0.25, -0.2) is 18.1 Å². The standard InChI is InChI=1S/C12H20N4O3S/c1-2-16-6-7-19-10(9-16)8-15-20(17,18)12-11(13)4-3-5-14-12/h3-5,10,15H,2,6-9,13H2,1H3. The molecule has 0 spiro atoms. The second-order valence-corrected chi connectivity index (χ2v) is 6.32. The van der Waals surface area contributed by atoms with Crippen molar-refractivity contribution in [2.24, 2.45) is 0 Å². The number of likely N-dealkylation sites (N-methyl/N-ethyl adjacent to an activating group) is 1. The quantitative estimate of drug-likeness (QED) is 0.772. The molecule has 0 aromatic carbocycles. The van der Waals surface area contributed by atoms with E-state index in [4.69, 9.17) is 10.5 Å². The van der Waals surface area contributed by atoms with E-state index in [0.717, 1.165) is 19.6 Å². The first kappa shape index (κ1) is 15.2. The lowest BCUT2D eigenvalue weighted by Crippen LogP contribution is -2.47. The molecule has 0 radical (unpaired) electrons. The highest BCUT2D eigenvalue weighted by Crippen LogP contribution is 2.14. The van der Waals surface area contributed by atoms with Crippen LogP contribution in [0.15, 0.2) is 23.4 Å². The van der Waals surface area contributed by atoms with Gasteiger partial charge in [0.15, 0.2) is 5.03 Å². The molecule has 1 fully saturated rings. The number of sulfonamides is 1. The van der Waals surface area contributed by atoms with Gasteiger partial charge in [0.2, 0.25) is 0 Å². The van der Waals surface area contributed by atoms with Crippen molar-refractivity contribution in [3.05, 3.63) is 18.3 Å². The average Bonchev–Trinajstić information content (AvgIpc) is 2.46. The minimum atomic E-state index is -3.70. The van der Waals surface area contributed by atoms with Crippen molar-refractivity contribution in [2.75, 3.05) is 38.5 Å². The Morgan fingerprint density at radius 1 is 1.60 bits per heavy atom. The zero-order valence-corrected chi connectivity index (χ0v) is 12.3. The molecule has 1 atom stereocenters. The number of nitrogens with zero attached hydrogens (tertiary/aromatic N) is 2. The van der Waals surface area contributed by atoms with Crippen molar-refractivity contribution in [1.82, 2.24) is 14.6 Å². The Hall–Kier alpha value is -1.22. The van der Waals surface area contributed by atoms with Crippen LogP contribution in [0.5, 0.6) is 0 Å². The van der Waals surface area contributed by atoms with E-state index in [2.05, 4.69) is 21.5 Å². The third-order valence-corrected chi connectivity index (χ3v) is 4.62. The van der Waals surface area contributed by atoms with Crippen LogP contribution in [0.3, 0.4) is 0 Å². The van der Waals surface area contributed by atoms with Crippen LogP contribution < -0.4 is 10.5 Å². The maximum Gasteiger partial charge on any atom is 0.260 e. The van der Waals surface area contributed by atoms with Gasteiger partial charge < -0.3 is 10.5 Å². The molecule has 1 saturated heterocycles.